The van der Waals surface area contributed by atoms with Crippen LogP contribution in [0.15, 0.2) is 12.1 Å². The van der Waals surface area contributed by atoms with Crippen molar-refractivity contribution in [1.29, 1.82) is 0 Å². The average molecular weight is 367 g/mol. The van der Waals surface area contributed by atoms with Gasteiger partial charge in [0, 0.05) is 13.0 Å². The molecular formula is C18H25NO7. The Kier molecular flexibility index (Phi) is 7.08. The summed E-state index contributed by atoms with van der Waals surface area (Å²) in [6.07, 6.45) is 0.622. The Morgan fingerprint density at radius 3 is 2.38 bits per heavy atom. The molecule has 0 aliphatic carbocycles. The summed E-state index contributed by atoms with van der Waals surface area (Å²) in [5.74, 6) is 0.532. The summed E-state index contributed by atoms with van der Waals surface area (Å²) in [7, 11) is 4.61. The molecule has 144 valence electrons. The van der Waals surface area contributed by atoms with Gasteiger partial charge in [0.25, 0.3) is 0 Å². The minimum atomic E-state index is -0.942. The van der Waals surface area contributed by atoms with Crippen molar-refractivity contribution >= 4 is 11.9 Å². The Morgan fingerprint density at radius 2 is 1.85 bits per heavy atom. The van der Waals surface area contributed by atoms with Gasteiger partial charge in [0.2, 0.25) is 11.7 Å². The van der Waals surface area contributed by atoms with E-state index in [-0.39, 0.29) is 25.4 Å². The lowest BCUT2D eigenvalue weighted by atomic mass is 10.1. The number of aryl methyl sites for hydroxylation is 1. The quantitative estimate of drug-likeness (QED) is 0.741. The third-order valence-electron chi connectivity index (χ3n) is 4.31. The lowest BCUT2D eigenvalue weighted by Gasteiger charge is -2.35. The molecule has 1 N–H and O–H groups in total. The molecule has 8 nitrogen and oxygen atoms in total. The number of ether oxygens (including phenoxy) is 4. The van der Waals surface area contributed by atoms with Crippen LogP contribution < -0.4 is 14.2 Å². The molecule has 1 aliphatic heterocycles. The van der Waals surface area contributed by atoms with Gasteiger partial charge in [-0.3, -0.25) is 9.59 Å². The topological polar surface area (TPSA) is 94.5 Å². The van der Waals surface area contributed by atoms with Crippen molar-refractivity contribution in [3.8, 4) is 17.2 Å². The van der Waals surface area contributed by atoms with Crippen LogP contribution in [-0.2, 0) is 20.7 Å². The molecule has 1 aromatic carbocycles. The van der Waals surface area contributed by atoms with E-state index in [1.165, 1.54) is 21.3 Å². The van der Waals surface area contributed by atoms with E-state index in [2.05, 4.69) is 0 Å². The SMILES string of the molecule is COc1cc(CCC(=O)N2CCOCC2CC(=O)O)cc(OC)c1OC. The molecule has 1 aromatic rings. The second kappa shape index (κ2) is 9.28. The van der Waals surface area contributed by atoms with E-state index in [0.29, 0.717) is 36.8 Å². The highest BCUT2D eigenvalue weighted by Gasteiger charge is 2.28. The molecule has 0 radical (unpaired) electrons. The summed E-state index contributed by atoms with van der Waals surface area (Å²) in [5.41, 5.74) is 0.871. The zero-order valence-corrected chi connectivity index (χ0v) is 15.3. The number of amides is 1. The Labute approximate surface area is 152 Å². The first-order valence-corrected chi connectivity index (χ1v) is 8.38. The van der Waals surface area contributed by atoms with Crippen LogP contribution in [0.2, 0.25) is 0 Å². The lowest BCUT2D eigenvalue weighted by Crippen LogP contribution is -2.49. The maximum atomic E-state index is 12.6. The molecule has 0 saturated carbocycles. The highest BCUT2D eigenvalue weighted by molar-refractivity contribution is 5.78. The van der Waals surface area contributed by atoms with Crippen LogP contribution in [0.3, 0.4) is 0 Å². The molecule has 0 aromatic heterocycles. The number of hydrogen-bond acceptors (Lipinski definition) is 6. The molecule has 1 atom stereocenters. The fraction of sp³-hybridized carbons (Fsp3) is 0.556. The lowest BCUT2D eigenvalue weighted by molar-refractivity contribution is -0.146. The Bertz CT molecular complexity index is 621. The normalized spacial score (nSPS) is 16.9. The van der Waals surface area contributed by atoms with Crippen molar-refractivity contribution in [2.45, 2.75) is 25.3 Å². The predicted molar refractivity (Wildman–Crippen MR) is 93.0 cm³/mol. The molecule has 0 bridgehead atoms. The van der Waals surface area contributed by atoms with Gasteiger partial charge in [-0.05, 0) is 24.1 Å². The van der Waals surface area contributed by atoms with E-state index >= 15 is 0 Å². The molecule has 1 amide bonds. The van der Waals surface area contributed by atoms with E-state index in [1.54, 1.807) is 4.90 Å². The van der Waals surface area contributed by atoms with E-state index < -0.39 is 12.0 Å². The maximum Gasteiger partial charge on any atom is 0.305 e. The second-order valence-corrected chi connectivity index (χ2v) is 5.95. The summed E-state index contributed by atoms with van der Waals surface area (Å²) in [5, 5.41) is 9.00. The molecule has 8 heteroatoms. The number of carbonyl (C=O) groups excluding carboxylic acids is 1. The highest BCUT2D eigenvalue weighted by atomic mass is 16.5. The van der Waals surface area contributed by atoms with Gasteiger partial charge in [-0.15, -0.1) is 0 Å². The number of carboxylic acid groups (broad SMARTS) is 1. The summed E-state index contributed by atoms with van der Waals surface area (Å²) in [6, 6.07) is 3.19. The predicted octanol–water partition coefficient (Wildman–Crippen LogP) is 1.35. The van der Waals surface area contributed by atoms with Crippen molar-refractivity contribution in [1.82, 2.24) is 4.90 Å². The number of morpholine rings is 1. The fourth-order valence-corrected chi connectivity index (χ4v) is 3.03. The van der Waals surface area contributed by atoms with Crippen LogP contribution in [0.5, 0.6) is 17.2 Å². The summed E-state index contributed by atoms with van der Waals surface area (Å²) < 4.78 is 21.2. The van der Waals surface area contributed by atoms with Crippen molar-refractivity contribution in [2.24, 2.45) is 0 Å². The van der Waals surface area contributed by atoms with E-state index in [9.17, 15) is 9.59 Å². The third-order valence-corrected chi connectivity index (χ3v) is 4.31. The van der Waals surface area contributed by atoms with Crippen LogP contribution in [0.1, 0.15) is 18.4 Å². The Hall–Kier alpha value is -2.48. The first-order chi connectivity index (χ1) is 12.5. The van der Waals surface area contributed by atoms with Gasteiger partial charge in [-0.1, -0.05) is 0 Å². The molecule has 2 rings (SSSR count). The number of aliphatic carboxylic acids is 1. The van der Waals surface area contributed by atoms with Crippen molar-refractivity contribution in [2.75, 3.05) is 41.1 Å². The smallest absolute Gasteiger partial charge is 0.305 e. The molecule has 26 heavy (non-hydrogen) atoms. The van der Waals surface area contributed by atoms with Crippen LogP contribution in [0, 0.1) is 0 Å². The minimum absolute atomic E-state index is 0.0895. The molecule has 1 saturated heterocycles. The zero-order chi connectivity index (χ0) is 19.1. The number of hydrogen-bond donors (Lipinski definition) is 1. The van der Waals surface area contributed by atoms with Crippen LogP contribution in [0.4, 0.5) is 0 Å². The largest absolute Gasteiger partial charge is 0.493 e. The van der Waals surface area contributed by atoms with Crippen LogP contribution in [-0.4, -0.2) is 69.0 Å². The summed E-state index contributed by atoms with van der Waals surface area (Å²) in [4.78, 5) is 25.2. The first kappa shape index (κ1) is 19.8. The number of methoxy groups -OCH3 is 3. The standard InChI is InChI=1S/C18H25NO7/c1-23-14-8-12(9-15(24-2)18(14)25-3)4-5-16(20)19-6-7-26-11-13(19)10-17(21)22/h8-9,13H,4-7,10-11H2,1-3H3,(H,21,22). The van der Waals surface area contributed by atoms with Gasteiger partial charge in [0.05, 0.1) is 47.0 Å². The maximum absolute atomic E-state index is 12.6. The number of carbonyl (C=O) groups is 2. The minimum Gasteiger partial charge on any atom is -0.493 e. The van der Waals surface area contributed by atoms with Crippen LogP contribution in [0.25, 0.3) is 0 Å². The summed E-state index contributed by atoms with van der Waals surface area (Å²) >= 11 is 0. The van der Waals surface area contributed by atoms with Gasteiger partial charge < -0.3 is 29.0 Å². The van der Waals surface area contributed by atoms with Gasteiger partial charge in [0.1, 0.15) is 0 Å². The van der Waals surface area contributed by atoms with Gasteiger partial charge in [-0.25, -0.2) is 0 Å². The molecule has 1 fully saturated rings. The Balaban J connectivity index is 2.07. The molecular weight excluding hydrogens is 342 g/mol. The van der Waals surface area contributed by atoms with Crippen molar-refractivity contribution in [3.05, 3.63) is 17.7 Å². The number of benzene rings is 1. The van der Waals surface area contributed by atoms with Crippen LogP contribution >= 0.6 is 0 Å². The van der Waals surface area contributed by atoms with Gasteiger partial charge in [0.15, 0.2) is 11.5 Å². The molecule has 1 heterocycles. The number of rotatable bonds is 8. The van der Waals surface area contributed by atoms with Crippen molar-refractivity contribution in [3.63, 3.8) is 0 Å². The summed E-state index contributed by atoms with van der Waals surface area (Å²) in [6.45, 7) is 1.08. The Morgan fingerprint density at radius 1 is 1.19 bits per heavy atom. The van der Waals surface area contributed by atoms with E-state index in [0.717, 1.165) is 5.56 Å². The zero-order valence-electron chi connectivity index (χ0n) is 15.3. The fourth-order valence-electron chi connectivity index (χ4n) is 3.03. The van der Waals surface area contributed by atoms with E-state index in [1.807, 2.05) is 12.1 Å². The van der Waals surface area contributed by atoms with E-state index in [4.69, 9.17) is 24.1 Å². The molecule has 1 unspecified atom stereocenters. The molecule has 0 spiro atoms. The molecule has 1 aliphatic rings. The monoisotopic (exact) mass is 367 g/mol. The van der Waals surface area contributed by atoms with Gasteiger partial charge in [-0.2, -0.15) is 0 Å². The number of nitrogens with zero attached hydrogens (tertiary/aromatic N) is 1. The first-order valence-electron chi connectivity index (χ1n) is 8.38. The second-order valence-electron chi connectivity index (χ2n) is 5.95. The third kappa shape index (κ3) is 4.78. The van der Waals surface area contributed by atoms with Crippen molar-refractivity contribution < 1.29 is 33.6 Å². The highest BCUT2D eigenvalue weighted by Crippen LogP contribution is 2.38. The number of carboxylic acids is 1. The average Bonchev–Trinajstić information content (AvgIpc) is 2.65. The van der Waals surface area contributed by atoms with Gasteiger partial charge >= 0.3 is 5.97 Å².